The number of likely N-dealkylation sites (N-methyl/N-ethyl adjacent to an activating group) is 1. The smallest absolute Gasteiger partial charge is 0.306 e. The molecule has 0 aliphatic rings. The van der Waals surface area contributed by atoms with Crippen molar-refractivity contribution in [3.8, 4) is 0 Å². The van der Waals surface area contributed by atoms with Gasteiger partial charge in [-0.3, -0.25) is 14.2 Å². The molecule has 0 saturated carbocycles. The molecule has 0 N–H and O–H groups in total. The lowest BCUT2D eigenvalue weighted by molar-refractivity contribution is -0.870. The molecule has 0 aliphatic carbocycles. The predicted molar refractivity (Wildman–Crippen MR) is 217 cm³/mol. The number of hydrogen-bond donors (Lipinski definition) is 0. The van der Waals surface area contributed by atoms with E-state index in [1.54, 1.807) is 0 Å². The summed E-state index contributed by atoms with van der Waals surface area (Å²) in [5.41, 5.74) is 0. The summed E-state index contributed by atoms with van der Waals surface area (Å²) >= 11 is 0. The molecule has 0 saturated heterocycles. The van der Waals surface area contributed by atoms with E-state index < -0.39 is 32.5 Å². The molecule has 0 spiro atoms. The molecule has 0 radical (unpaired) electrons. The first-order chi connectivity index (χ1) is 25.5. The third-order valence-electron chi connectivity index (χ3n) is 8.57. The van der Waals surface area contributed by atoms with Gasteiger partial charge in [-0.25, -0.2) is 0 Å². The van der Waals surface area contributed by atoms with E-state index in [9.17, 15) is 19.0 Å². The Morgan fingerprint density at radius 2 is 1.04 bits per heavy atom. The summed E-state index contributed by atoms with van der Waals surface area (Å²) in [6.07, 6.45) is 39.9. The number of quaternary nitrogens is 1. The van der Waals surface area contributed by atoms with Crippen molar-refractivity contribution in [2.75, 3.05) is 47.5 Å². The van der Waals surface area contributed by atoms with Gasteiger partial charge in [0.1, 0.15) is 19.8 Å². The zero-order valence-corrected chi connectivity index (χ0v) is 35.3. The van der Waals surface area contributed by atoms with E-state index in [0.29, 0.717) is 23.9 Å². The van der Waals surface area contributed by atoms with Crippen molar-refractivity contribution in [3.63, 3.8) is 0 Å². The van der Waals surface area contributed by atoms with Crippen molar-refractivity contribution in [2.45, 2.75) is 168 Å². The van der Waals surface area contributed by atoms with Crippen LogP contribution in [0.5, 0.6) is 0 Å². The van der Waals surface area contributed by atoms with Crippen LogP contribution in [0.1, 0.15) is 162 Å². The monoisotopic (exact) mass is 768 g/mol. The first-order valence-corrected chi connectivity index (χ1v) is 22.3. The van der Waals surface area contributed by atoms with Gasteiger partial charge in [0.05, 0.1) is 27.7 Å². The second-order valence-corrected chi connectivity index (χ2v) is 16.4. The lowest BCUT2D eigenvalue weighted by atomic mass is 10.1. The number of carbonyl (C=O) groups is 2. The van der Waals surface area contributed by atoms with Gasteiger partial charge in [0.25, 0.3) is 7.82 Å². The highest BCUT2D eigenvalue weighted by molar-refractivity contribution is 7.45. The maximum atomic E-state index is 12.6. The number of unbranched alkanes of at least 4 members (excludes halogenated alkanes) is 15. The fourth-order valence-electron chi connectivity index (χ4n) is 5.23. The molecule has 2 atom stereocenters. The minimum absolute atomic E-state index is 0.0377. The summed E-state index contributed by atoms with van der Waals surface area (Å²) < 4.78 is 33.8. The molecular weight excluding hydrogens is 689 g/mol. The molecule has 53 heavy (non-hydrogen) atoms. The molecule has 0 heterocycles. The zero-order valence-electron chi connectivity index (χ0n) is 34.4. The molecule has 9 nitrogen and oxygen atoms in total. The van der Waals surface area contributed by atoms with Crippen LogP contribution in [0.2, 0.25) is 0 Å². The number of ether oxygens (including phenoxy) is 2. The Hall–Kier alpha value is -2.03. The average Bonchev–Trinajstić information content (AvgIpc) is 3.10. The van der Waals surface area contributed by atoms with Crippen molar-refractivity contribution in [2.24, 2.45) is 0 Å². The minimum atomic E-state index is -4.63. The number of rotatable bonds is 37. The molecule has 308 valence electrons. The van der Waals surface area contributed by atoms with Gasteiger partial charge in [-0.2, -0.15) is 0 Å². The number of hydrogen-bond acceptors (Lipinski definition) is 8. The van der Waals surface area contributed by atoms with Crippen LogP contribution >= 0.6 is 7.82 Å². The highest BCUT2D eigenvalue weighted by atomic mass is 31.2. The van der Waals surface area contributed by atoms with Crippen LogP contribution < -0.4 is 4.89 Å². The van der Waals surface area contributed by atoms with Gasteiger partial charge >= 0.3 is 11.9 Å². The molecular formula is C43H78NO8P. The molecule has 0 aromatic carbocycles. The second-order valence-electron chi connectivity index (χ2n) is 15.0. The van der Waals surface area contributed by atoms with Crippen LogP contribution in [-0.2, 0) is 32.7 Å². The number of allylic oxidation sites excluding steroid dienone is 8. The number of nitrogens with zero attached hydrogens (tertiary/aromatic N) is 1. The summed E-state index contributed by atoms with van der Waals surface area (Å²) in [5.74, 6) is -0.871. The first-order valence-electron chi connectivity index (χ1n) is 20.8. The van der Waals surface area contributed by atoms with Crippen molar-refractivity contribution in [1.29, 1.82) is 0 Å². The van der Waals surface area contributed by atoms with Gasteiger partial charge < -0.3 is 27.9 Å². The Labute approximate surface area is 324 Å². The van der Waals surface area contributed by atoms with E-state index in [-0.39, 0.29) is 26.1 Å². The van der Waals surface area contributed by atoms with Gasteiger partial charge in [0.15, 0.2) is 6.10 Å². The molecule has 0 fully saturated rings. The Morgan fingerprint density at radius 3 is 1.55 bits per heavy atom. The van der Waals surface area contributed by atoms with E-state index in [1.807, 2.05) is 21.1 Å². The topological polar surface area (TPSA) is 111 Å². The largest absolute Gasteiger partial charge is 0.756 e. The van der Waals surface area contributed by atoms with Gasteiger partial charge in [0, 0.05) is 12.8 Å². The number of phosphoric ester groups is 1. The van der Waals surface area contributed by atoms with Gasteiger partial charge in [-0.1, -0.05) is 127 Å². The maximum Gasteiger partial charge on any atom is 0.306 e. The standard InChI is InChI=1S/C43H78NO8P/c1-6-8-10-12-14-16-18-20-22-24-26-28-30-32-34-36-43(46)52-41(40-51-53(47,48)50-38-37-44(3,4)5)39-49-42(45)35-33-31-29-27-25-23-21-19-17-15-13-11-9-7-2/h13-16,19-22,41H,6-12,17-18,23-40H2,1-5H3/b15-13-,16-14-,21-19-,22-20-/t41-/m1/s1. The fraction of sp³-hybridized carbons (Fsp3) is 0.767. The molecule has 0 rings (SSSR count). The molecule has 0 aromatic heterocycles. The molecule has 0 aliphatic heterocycles. The van der Waals surface area contributed by atoms with Crippen molar-refractivity contribution in [1.82, 2.24) is 0 Å². The van der Waals surface area contributed by atoms with E-state index in [2.05, 4.69) is 62.5 Å². The molecule has 0 aromatic rings. The Bertz CT molecular complexity index is 1050. The number of carbonyl (C=O) groups excluding carboxylic acids is 2. The van der Waals surface area contributed by atoms with Crippen molar-refractivity contribution < 1.29 is 42.1 Å². The SMILES string of the molecule is CCCC/C=C\C/C=C\CCCCCCCC(=O)OC[C@H](COP(=O)([O-])OCC[N+](C)(C)C)OC(=O)CCCCCCC/C=C\C/C=C\CCCCC. The van der Waals surface area contributed by atoms with Crippen molar-refractivity contribution in [3.05, 3.63) is 48.6 Å². The van der Waals surface area contributed by atoms with E-state index in [0.717, 1.165) is 83.5 Å². The van der Waals surface area contributed by atoms with Crippen LogP contribution in [-0.4, -0.2) is 70.0 Å². The van der Waals surface area contributed by atoms with Gasteiger partial charge in [0.2, 0.25) is 0 Å². The van der Waals surface area contributed by atoms with E-state index >= 15 is 0 Å². The maximum absolute atomic E-state index is 12.6. The third kappa shape index (κ3) is 39.5. The van der Waals surface area contributed by atoms with Gasteiger partial charge in [-0.05, 0) is 70.6 Å². The van der Waals surface area contributed by atoms with Crippen molar-refractivity contribution >= 4 is 19.8 Å². The average molecular weight is 768 g/mol. The first kappa shape index (κ1) is 51.0. The fourth-order valence-corrected chi connectivity index (χ4v) is 5.96. The molecule has 10 heteroatoms. The number of phosphoric acid groups is 1. The van der Waals surface area contributed by atoms with Crippen LogP contribution in [0.25, 0.3) is 0 Å². The predicted octanol–water partition coefficient (Wildman–Crippen LogP) is 10.9. The quantitative estimate of drug-likeness (QED) is 0.0202. The molecule has 1 unspecified atom stereocenters. The Kier molecular flexibility index (Phi) is 34.3. The lowest BCUT2D eigenvalue weighted by Crippen LogP contribution is -2.37. The van der Waals surface area contributed by atoms with Gasteiger partial charge in [-0.15, -0.1) is 0 Å². The second kappa shape index (κ2) is 35.7. The molecule has 0 bridgehead atoms. The zero-order chi connectivity index (χ0) is 39.3. The molecule has 0 amide bonds. The highest BCUT2D eigenvalue weighted by Gasteiger charge is 2.21. The highest BCUT2D eigenvalue weighted by Crippen LogP contribution is 2.38. The van der Waals surface area contributed by atoms with Crippen LogP contribution in [0, 0.1) is 0 Å². The minimum Gasteiger partial charge on any atom is -0.756 e. The Balaban J connectivity index is 4.45. The lowest BCUT2D eigenvalue weighted by Gasteiger charge is -2.28. The summed E-state index contributed by atoms with van der Waals surface area (Å²) in [6.45, 7) is 4.11. The summed E-state index contributed by atoms with van der Waals surface area (Å²) in [7, 11) is 1.14. The normalized spacial score (nSPS) is 14.2. The number of esters is 2. The third-order valence-corrected chi connectivity index (χ3v) is 9.54. The summed E-state index contributed by atoms with van der Waals surface area (Å²) in [6, 6.07) is 0. The van der Waals surface area contributed by atoms with E-state index in [4.69, 9.17) is 18.5 Å². The summed E-state index contributed by atoms with van der Waals surface area (Å²) in [5, 5.41) is 0. The van der Waals surface area contributed by atoms with Crippen LogP contribution in [0.3, 0.4) is 0 Å². The summed E-state index contributed by atoms with van der Waals surface area (Å²) in [4.78, 5) is 37.4. The van der Waals surface area contributed by atoms with Crippen LogP contribution in [0.15, 0.2) is 48.6 Å². The van der Waals surface area contributed by atoms with Crippen LogP contribution in [0.4, 0.5) is 0 Å². The van der Waals surface area contributed by atoms with E-state index in [1.165, 1.54) is 38.5 Å². The Morgan fingerprint density at radius 1 is 0.585 bits per heavy atom.